The Hall–Kier alpha value is -2.35. The van der Waals surface area contributed by atoms with E-state index in [1.165, 1.54) is 0 Å². The summed E-state index contributed by atoms with van der Waals surface area (Å²) in [5.41, 5.74) is 1.31. The Morgan fingerprint density at radius 2 is 1.92 bits per heavy atom. The van der Waals surface area contributed by atoms with Crippen molar-refractivity contribution in [3.8, 4) is 16.5 Å². The second-order valence-corrected chi connectivity index (χ2v) is 6.94. The molecule has 6 nitrogen and oxygen atoms in total. The monoisotopic (exact) mass is 408 g/mol. The normalized spacial score (nSPS) is 10.4. The Morgan fingerprint density at radius 3 is 2.58 bits per heavy atom. The Morgan fingerprint density at radius 1 is 1.12 bits per heavy atom. The number of carbonyl (C=O) groups is 1. The lowest BCUT2D eigenvalue weighted by atomic mass is 10.3. The van der Waals surface area contributed by atoms with E-state index in [0.29, 0.717) is 28.2 Å². The highest BCUT2D eigenvalue weighted by Crippen LogP contribution is 2.23. The Kier molecular flexibility index (Phi) is 6.27. The predicted octanol–water partition coefficient (Wildman–Crippen LogP) is 4.71. The number of rotatable bonds is 6. The SMILES string of the molecule is O=C(NCCOc1ccc(-c2cccs2)nn1)Nc1cc(Cl)cc(Cl)c1. The molecule has 0 fully saturated rings. The zero-order valence-electron chi connectivity index (χ0n) is 13.4. The van der Waals surface area contributed by atoms with Crippen molar-refractivity contribution < 1.29 is 9.53 Å². The van der Waals surface area contributed by atoms with E-state index in [1.54, 1.807) is 35.6 Å². The van der Waals surface area contributed by atoms with E-state index in [4.69, 9.17) is 27.9 Å². The van der Waals surface area contributed by atoms with Gasteiger partial charge in [-0.25, -0.2) is 4.79 Å². The number of nitrogens with zero attached hydrogens (tertiary/aromatic N) is 2. The third-order valence-corrected chi connectivity index (χ3v) is 4.50. The lowest BCUT2D eigenvalue weighted by molar-refractivity contribution is 0.246. The van der Waals surface area contributed by atoms with Crippen LogP contribution in [0.3, 0.4) is 0 Å². The molecule has 3 aromatic rings. The van der Waals surface area contributed by atoms with Crippen molar-refractivity contribution in [3.63, 3.8) is 0 Å². The molecule has 0 spiro atoms. The van der Waals surface area contributed by atoms with Crippen LogP contribution < -0.4 is 15.4 Å². The van der Waals surface area contributed by atoms with Crippen molar-refractivity contribution >= 4 is 46.3 Å². The Bertz CT molecular complexity index is 853. The molecule has 9 heteroatoms. The summed E-state index contributed by atoms with van der Waals surface area (Å²) >= 11 is 13.4. The number of ether oxygens (including phenoxy) is 1. The topological polar surface area (TPSA) is 76.1 Å². The molecular formula is C17H14Cl2N4O2S. The summed E-state index contributed by atoms with van der Waals surface area (Å²) in [5.74, 6) is 0.397. The van der Waals surface area contributed by atoms with Crippen molar-refractivity contribution in [1.82, 2.24) is 15.5 Å². The van der Waals surface area contributed by atoms with Crippen molar-refractivity contribution in [1.29, 1.82) is 0 Å². The predicted molar refractivity (Wildman–Crippen MR) is 104 cm³/mol. The largest absolute Gasteiger partial charge is 0.475 e. The molecule has 0 saturated heterocycles. The fourth-order valence-corrected chi connectivity index (χ4v) is 3.29. The molecule has 1 aromatic carbocycles. The fraction of sp³-hybridized carbons (Fsp3) is 0.118. The van der Waals surface area contributed by atoms with Crippen molar-refractivity contribution in [2.75, 3.05) is 18.5 Å². The number of nitrogens with one attached hydrogen (secondary N) is 2. The number of benzene rings is 1. The molecule has 2 aromatic heterocycles. The number of halogens is 2. The van der Waals surface area contributed by atoms with Crippen LogP contribution in [0.5, 0.6) is 5.88 Å². The summed E-state index contributed by atoms with van der Waals surface area (Å²) in [7, 11) is 0. The van der Waals surface area contributed by atoms with Crippen LogP contribution in [0, 0.1) is 0 Å². The first-order valence-corrected chi connectivity index (χ1v) is 9.25. The first kappa shape index (κ1) is 18.4. The van der Waals surface area contributed by atoms with Crippen LogP contribution >= 0.6 is 34.5 Å². The molecule has 2 amide bonds. The highest BCUT2D eigenvalue weighted by Gasteiger charge is 2.05. The van der Waals surface area contributed by atoms with E-state index in [1.807, 2.05) is 23.6 Å². The number of thiophene rings is 1. The number of amides is 2. The standard InChI is InChI=1S/C17H14Cl2N4O2S/c18-11-8-12(19)10-13(9-11)21-17(24)20-5-6-25-16-4-3-14(22-23-16)15-2-1-7-26-15/h1-4,7-10H,5-6H2,(H2,20,21,24). The third kappa shape index (κ3) is 5.32. The minimum Gasteiger partial charge on any atom is -0.475 e. The maximum Gasteiger partial charge on any atom is 0.319 e. The number of hydrogen-bond donors (Lipinski definition) is 2. The van der Waals surface area contributed by atoms with Crippen LogP contribution in [0.1, 0.15) is 0 Å². The molecule has 0 unspecified atom stereocenters. The van der Waals surface area contributed by atoms with Gasteiger partial charge in [-0.15, -0.1) is 21.5 Å². The molecule has 3 rings (SSSR count). The quantitative estimate of drug-likeness (QED) is 0.578. The molecule has 0 aliphatic heterocycles. The van der Waals surface area contributed by atoms with Crippen molar-refractivity contribution in [2.24, 2.45) is 0 Å². The fourth-order valence-electron chi connectivity index (χ4n) is 2.07. The van der Waals surface area contributed by atoms with Crippen LogP contribution in [0.25, 0.3) is 10.6 Å². The second kappa shape index (κ2) is 8.84. The molecule has 0 radical (unpaired) electrons. The number of aromatic nitrogens is 2. The first-order valence-electron chi connectivity index (χ1n) is 7.61. The summed E-state index contributed by atoms with van der Waals surface area (Å²) in [6.07, 6.45) is 0. The summed E-state index contributed by atoms with van der Waals surface area (Å²) in [5, 5.41) is 16.3. The van der Waals surface area contributed by atoms with Crippen molar-refractivity contribution in [2.45, 2.75) is 0 Å². The lowest BCUT2D eigenvalue weighted by Gasteiger charge is -2.09. The van der Waals surface area contributed by atoms with Gasteiger partial charge in [-0.05, 0) is 35.7 Å². The molecule has 26 heavy (non-hydrogen) atoms. The van der Waals surface area contributed by atoms with Gasteiger partial charge in [-0.1, -0.05) is 29.3 Å². The lowest BCUT2D eigenvalue weighted by Crippen LogP contribution is -2.32. The van der Waals surface area contributed by atoms with Gasteiger partial charge in [0, 0.05) is 21.8 Å². The van der Waals surface area contributed by atoms with Gasteiger partial charge in [-0.3, -0.25) is 0 Å². The Labute approximate surface area is 164 Å². The van der Waals surface area contributed by atoms with Crippen LogP contribution in [0.4, 0.5) is 10.5 Å². The second-order valence-electron chi connectivity index (χ2n) is 5.12. The van der Waals surface area contributed by atoms with Gasteiger partial charge in [0.05, 0.1) is 11.4 Å². The average Bonchev–Trinajstić information content (AvgIpc) is 3.13. The van der Waals surface area contributed by atoms with Crippen LogP contribution in [0.2, 0.25) is 10.0 Å². The zero-order chi connectivity index (χ0) is 18.4. The van der Waals surface area contributed by atoms with E-state index in [9.17, 15) is 4.79 Å². The summed E-state index contributed by atoms with van der Waals surface area (Å²) in [4.78, 5) is 12.9. The molecule has 2 N–H and O–H groups in total. The van der Waals surface area contributed by atoms with E-state index in [0.717, 1.165) is 10.6 Å². The van der Waals surface area contributed by atoms with Crippen LogP contribution in [-0.4, -0.2) is 29.4 Å². The van der Waals surface area contributed by atoms with E-state index in [2.05, 4.69) is 20.8 Å². The summed E-state index contributed by atoms with van der Waals surface area (Å²) in [6, 6.07) is 11.9. The van der Waals surface area contributed by atoms with Gasteiger partial charge in [0.2, 0.25) is 5.88 Å². The van der Waals surface area contributed by atoms with Gasteiger partial charge < -0.3 is 15.4 Å². The third-order valence-electron chi connectivity index (χ3n) is 3.17. The van der Waals surface area contributed by atoms with Gasteiger partial charge in [0.25, 0.3) is 0 Å². The van der Waals surface area contributed by atoms with Crippen LogP contribution in [-0.2, 0) is 0 Å². The van der Waals surface area contributed by atoms with Gasteiger partial charge in [0.1, 0.15) is 12.3 Å². The molecule has 0 atom stereocenters. The number of anilines is 1. The maximum absolute atomic E-state index is 11.8. The zero-order valence-corrected chi connectivity index (χ0v) is 15.7. The van der Waals surface area contributed by atoms with Gasteiger partial charge >= 0.3 is 6.03 Å². The summed E-state index contributed by atoms with van der Waals surface area (Å²) < 4.78 is 5.46. The molecule has 134 valence electrons. The molecule has 0 aliphatic rings. The minimum atomic E-state index is -0.383. The highest BCUT2D eigenvalue weighted by molar-refractivity contribution is 7.13. The molecule has 2 heterocycles. The van der Waals surface area contributed by atoms with Gasteiger partial charge in [-0.2, -0.15) is 0 Å². The number of urea groups is 1. The smallest absolute Gasteiger partial charge is 0.319 e. The molecule has 0 aliphatic carbocycles. The minimum absolute atomic E-state index is 0.261. The van der Waals surface area contributed by atoms with Gasteiger partial charge in [0.15, 0.2) is 0 Å². The number of carbonyl (C=O) groups excluding carboxylic acids is 1. The highest BCUT2D eigenvalue weighted by atomic mass is 35.5. The molecule has 0 bridgehead atoms. The molecule has 0 saturated carbocycles. The Balaban J connectivity index is 1.41. The molecular weight excluding hydrogens is 395 g/mol. The average molecular weight is 409 g/mol. The van der Waals surface area contributed by atoms with Crippen molar-refractivity contribution in [3.05, 3.63) is 57.9 Å². The van der Waals surface area contributed by atoms with E-state index < -0.39 is 0 Å². The summed E-state index contributed by atoms with van der Waals surface area (Å²) in [6.45, 7) is 0.561. The van der Waals surface area contributed by atoms with E-state index in [-0.39, 0.29) is 12.6 Å². The number of hydrogen-bond acceptors (Lipinski definition) is 5. The maximum atomic E-state index is 11.8. The van der Waals surface area contributed by atoms with E-state index >= 15 is 0 Å². The first-order chi connectivity index (χ1) is 12.6. The van der Waals surface area contributed by atoms with Crippen LogP contribution in [0.15, 0.2) is 47.8 Å².